The molecule has 12 atom stereocenters. The predicted molar refractivity (Wildman–Crippen MR) is 148 cm³/mol. The SMILES string of the molecule is CCC(C)C(=O)O[C@@H]1[C@@H](OC(=O)C(C)CC)[C@@H](O[C@]2(CO)O[C@H](COC(C)=O)[C@@H](O)[C@@H]2O)O[C@H](CO)[C@H]1OC(=O)C(C)CC. The average molecular weight is 637 g/mol. The molecule has 2 aliphatic heterocycles. The van der Waals surface area contributed by atoms with Gasteiger partial charge in [-0.05, 0) is 19.3 Å². The van der Waals surface area contributed by atoms with Crippen molar-refractivity contribution in [1.82, 2.24) is 0 Å². The van der Waals surface area contributed by atoms with Crippen molar-refractivity contribution in [1.29, 1.82) is 0 Å². The third kappa shape index (κ3) is 8.86. The molecule has 44 heavy (non-hydrogen) atoms. The molecule has 2 aliphatic rings. The van der Waals surface area contributed by atoms with Crippen LogP contribution in [0.15, 0.2) is 0 Å². The highest BCUT2D eigenvalue weighted by atomic mass is 16.8. The number of aliphatic hydroxyl groups is 4. The Kier molecular flexibility index (Phi) is 14.4. The highest BCUT2D eigenvalue weighted by molar-refractivity contribution is 5.74. The summed E-state index contributed by atoms with van der Waals surface area (Å²) >= 11 is 0. The van der Waals surface area contributed by atoms with E-state index in [4.69, 9.17) is 33.2 Å². The van der Waals surface area contributed by atoms with Crippen molar-refractivity contribution in [3.63, 3.8) is 0 Å². The van der Waals surface area contributed by atoms with Crippen LogP contribution in [-0.4, -0.2) is 119 Å². The van der Waals surface area contributed by atoms with Crippen molar-refractivity contribution in [2.45, 2.75) is 123 Å². The van der Waals surface area contributed by atoms with E-state index in [1.165, 1.54) is 0 Å². The third-order valence-corrected chi connectivity index (χ3v) is 8.06. The van der Waals surface area contributed by atoms with Gasteiger partial charge in [-0.1, -0.05) is 41.5 Å². The van der Waals surface area contributed by atoms with E-state index in [0.29, 0.717) is 19.3 Å². The molecule has 0 bridgehead atoms. The van der Waals surface area contributed by atoms with Gasteiger partial charge in [-0.15, -0.1) is 0 Å². The maximum absolute atomic E-state index is 13.1. The van der Waals surface area contributed by atoms with Gasteiger partial charge in [0.2, 0.25) is 12.1 Å². The molecule has 2 saturated heterocycles. The lowest BCUT2D eigenvalue weighted by Gasteiger charge is -2.46. The van der Waals surface area contributed by atoms with Crippen molar-refractivity contribution in [3.8, 4) is 0 Å². The summed E-state index contributed by atoms with van der Waals surface area (Å²) in [7, 11) is 0. The molecule has 3 unspecified atom stereocenters. The van der Waals surface area contributed by atoms with E-state index >= 15 is 0 Å². The molecule has 15 heteroatoms. The number of esters is 4. The summed E-state index contributed by atoms with van der Waals surface area (Å²) in [5, 5.41) is 42.1. The largest absolute Gasteiger partial charge is 0.463 e. The van der Waals surface area contributed by atoms with Gasteiger partial charge in [0.25, 0.3) is 0 Å². The first-order valence-electron chi connectivity index (χ1n) is 15.0. The molecule has 0 spiro atoms. The van der Waals surface area contributed by atoms with E-state index in [9.17, 15) is 39.6 Å². The summed E-state index contributed by atoms with van der Waals surface area (Å²) in [5.74, 6) is -7.13. The second-order valence-electron chi connectivity index (χ2n) is 11.3. The number of hydrogen-bond acceptors (Lipinski definition) is 15. The molecule has 0 aromatic heterocycles. The van der Waals surface area contributed by atoms with Crippen LogP contribution in [-0.2, 0) is 52.3 Å². The molecule has 15 nitrogen and oxygen atoms in total. The van der Waals surface area contributed by atoms with Crippen molar-refractivity contribution in [2.75, 3.05) is 19.8 Å². The second-order valence-corrected chi connectivity index (χ2v) is 11.3. The van der Waals surface area contributed by atoms with E-state index in [-0.39, 0.29) is 0 Å². The highest BCUT2D eigenvalue weighted by Gasteiger charge is 2.61. The van der Waals surface area contributed by atoms with Gasteiger partial charge in [0, 0.05) is 6.92 Å². The predicted octanol–water partition coefficient (Wildman–Crippen LogP) is -0.0338. The van der Waals surface area contributed by atoms with Crippen LogP contribution in [0.4, 0.5) is 0 Å². The lowest BCUT2D eigenvalue weighted by Crippen LogP contribution is -2.65. The molecule has 4 N–H and O–H groups in total. The fourth-order valence-electron chi connectivity index (χ4n) is 4.43. The molecular formula is C29H48O15. The number of carbonyl (C=O) groups is 4. The van der Waals surface area contributed by atoms with Gasteiger partial charge < -0.3 is 53.6 Å². The Morgan fingerprint density at radius 1 is 0.773 bits per heavy atom. The van der Waals surface area contributed by atoms with E-state index in [0.717, 1.165) is 6.92 Å². The van der Waals surface area contributed by atoms with Gasteiger partial charge in [0.1, 0.15) is 37.6 Å². The molecule has 2 rings (SSSR count). The van der Waals surface area contributed by atoms with Crippen LogP contribution in [0.3, 0.4) is 0 Å². The first-order valence-corrected chi connectivity index (χ1v) is 15.0. The first kappa shape index (κ1) is 37.8. The number of rotatable bonds is 15. The maximum atomic E-state index is 13.1. The molecular weight excluding hydrogens is 588 g/mol. The molecule has 254 valence electrons. The van der Waals surface area contributed by atoms with Crippen LogP contribution in [0.5, 0.6) is 0 Å². The molecule has 2 fully saturated rings. The summed E-state index contributed by atoms with van der Waals surface area (Å²) in [6.07, 6.45) is -11.8. The smallest absolute Gasteiger partial charge is 0.309 e. The summed E-state index contributed by atoms with van der Waals surface area (Å²) in [4.78, 5) is 50.4. The Morgan fingerprint density at radius 3 is 1.68 bits per heavy atom. The van der Waals surface area contributed by atoms with E-state index in [1.807, 2.05) is 0 Å². The summed E-state index contributed by atoms with van der Waals surface area (Å²) < 4.78 is 39.6. The topological polar surface area (TPSA) is 214 Å². The number of hydrogen-bond donors (Lipinski definition) is 4. The van der Waals surface area contributed by atoms with Gasteiger partial charge in [-0.3, -0.25) is 19.2 Å². The summed E-state index contributed by atoms with van der Waals surface area (Å²) in [6, 6.07) is 0. The zero-order valence-electron chi connectivity index (χ0n) is 26.4. The zero-order valence-corrected chi connectivity index (χ0v) is 26.4. The summed E-state index contributed by atoms with van der Waals surface area (Å²) in [6.45, 7) is 8.84. The number of aliphatic hydroxyl groups excluding tert-OH is 4. The Morgan fingerprint density at radius 2 is 1.25 bits per heavy atom. The van der Waals surface area contributed by atoms with Gasteiger partial charge in [0.15, 0.2) is 18.3 Å². The fraction of sp³-hybridized carbons (Fsp3) is 0.862. The second kappa shape index (κ2) is 16.8. The van der Waals surface area contributed by atoms with Gasteiger partial charge in [-0.25, -0.2) is 0 Å². The third-order valence-electron chi connectivity index (χ3n) is 8.06. The molecule has 0 aromatic rings. The lowest BCUT2D eigenvalue weighted by atomic mass is 9.96. The normalized spacial score (nSPS) is 34.0. The van der Waals surface area contributed by atoms with Gasteiger partial charge in [-0.2, -0.15) is 0 Å². The van der Waals surface area contributed by atoms with Crippen molar-refractivity contribution < 1.29 is 72.8 Å². The molecule has 0 radical (unpaired) electrons. The van der Waals surface area contributed by atoms with Crippen LogP contribution in [0, 0.1) is 17.8 Å². The Labute approximate surface area is 257 Å². The van der Waals surface area contributed by atoms with Crippen LogP contribution in [0.1, 0.15) is 67.7 Å². The number of ether oxygens (including phenoxy) is 7. The van der Waals surface area contributed by atoms with Crippen molar-refractivity contribution in [2.24, 2.45) is 17.8 Å². The first-order chi connectivity index (χ1) is 20.7. The van der Waals surface area contributed by atoms with E-state index in [1.54, 1.807) is 41.5 Å². The standard InChI is InChI=1S/C29H48O15/c1-8-14(4)25(35)40-21-18(11-30)39-28(44-29(13-31)24(34)20(33)19(43-29)12-38-17(7)32)23(42-27(37)16(6)10-3)22(21)41-26(36)15(5)9-2/h14-16,18-24,28,30-31,33-34H,8-13H2,1-7H3/t14?,15?,16?,18-,19-,20-,21-,22+,23-,24+,28-,29+/m1/s1. The van der Waals surface area contributed by atoms with Gasteiger partial charge >= 0.3 is 23.9 Å². The van der Waals surface area contributed by atoms with Gasteiger partial charge in [0.05, 0.1) is 24.4 Å². The zero-order chi connectivity index (χ0) is 33.4. The minimum Gasteiger partial charge on any atom is -0.463 e. The van der Waals surface area contributed by atoms with Crippen LogP contribution >= 0.6 is 0 Å². The molecule has 2 heterocycles. The molecule has 0 aliphatic carbocycles. The monoisotopic (exact) mass is 636 g/mol. The summed E-state index contributed by atoms with van der Waals surface area (Å²) in [5.41, 5.74) is 0. The van der Waals surface area contributed by atoms with Crippen LogP contribution in [0.25, 0.3) is 0 Å². The van der Waals surface area contributed by atoms with Crippen molar-refractivity contribution >= 4 is 23.9 Å². The van der Waals surface area contributed by atoms with E-state index in [2.05, 4.69) is 0 Å². The Bertz CT molecular complexity index is 974. The fourth-order valence-corrected chi connectivity index (χ4v) is 4.43. The Hall–Kier alpha value is -2.40. The lowest BCUT2D eigenvalue weighted by molar-refractivity contribution is -0.384. The van der Waals surface area contributed by atoms with Crippen LogP contribution < -0.4 is 0 Å². The van der Waals surface area contributed by atoms with Crippen molar-refractivity contribution in [3.05, 3.63) is 0 Å². The van der Waals surface area contributed by atoms with E-state index < -0.39 is 116 Å². The molecule has 0 saturated carbocycles. The molecule has 0 aromatic carbocycles. The number of carbonyl (C=O) groups excluding carboxylic acids is 4. The Balaban J connectivity index is 2.60. The molecule has 0 amide bonds. The quantitative estimate of drug-likeness (QED) is 0.137. The minimum atomic E-state index is -2.42. The highest BCUT2D eigenvalue weighted by Crippen LogP contribution is 2.38. The average Bonchev–Trinajstić information content (AvgIpc) is 3.25. The minimum absolute atomic E-state index is 0.368. The maximum Gasteiger partial charge on any atom is 0.309 e. The van der Waals surface area contributed by atoms with Crippen LogP contribution in [0.2, 0.25) is 0 Å².